The average Bonchev–Trinajstić information content (AvgIpc) is 2.93. The zero-order chi connectivity index (χ0) is 24.4. The molecule has 0 fully saturated rings. The number of aliphatic imine (C=N–C) groups is 1. The van der Waals surface area contributed by atoms with Gasteiger partial charge in [0.2, 0.25) is 0 Å². The maximum absolute atomic E-state index is 13.2. The van der Waals surface area contributed by atoms with E-state index in [4.69, 9.17) is 16.3 Å². The first-order chi connectivity index (χ1) is 13.9. The number of ether oxygens (including phenoxy) is 1. The Morgan fingerprint density at radius 3 is 2.35 bits per heavy atom. The monoisotopic (exact) mass is 484 g/mol. The summed E-state index contributed by atoms with van der Waals surface area (Å²) in [5.74, 6) is -0.227. The Hall–Kier alpha value is -2.01. The molecule has 0 saturated carbocycles. The Bertz CT molecular complexity index is 980. The van der Waals surface area contributed by atoms with Gasteiger partial charge in [-0.15, -0.1) is 0 Å². The molecular formula is C19H28ClF3N4O3S. The van der Waals surface area contributed by atoms with Crippen LogP contribution in [0.5, 0.6) is 0 Å². The van der Waals surface area contributed by atoms with Crippen LogP contribution in [-0.2, 0) is 21.3 Å². The first-order valence-electron chi connectivity index (χ1n) is 9.39. The van der Waals surface area contributed by atoms with E-state index in [1.165, 1.54) is 30.8 Å². The molecule has 1 rings (SSSR count). The van der Waals surface area contributed by atoms with Crippen LogP contribution in [0.3, 0.4) is 0 Å². The van der Waals surface area contributed by atoms with Crippen molar-refractivity contribution in [3.63, 3.8) is 0 Å². The summed E-state index contributed by atoms with van der Waals surface area (Å²) in [7, 11) is -4.10. The number of hydrogen-bond donors (Lipinski definition) is 0. The minimum atomic E-state index is -4.59. The summed E-state index contributed by atoms with van der Waals surface area (Å²) in [6.07, 6.45) is -1.93. The quantitative estimate of drug-likeness (QED) is 0.290. The van der Waals surface area contributed by atoms with E-state index in [1.807, 2.05) is 0 Å². The minimum absolute atomic E-state index is 0.0550. The molecule has 0 saturated heterocycles. The second-order valence-electron chi connectivity index (χ2n) is 7.55. The highest BCUT2D eigenvalue weighted by atomic mass is 35.5. The fourth-order valence-corrected chi connectivity index (χ4v) is 4.69. The fraction of sp³-hybridized carbons (Fsp3) is 0.579. The Balaban J connectivity index is 3.24. The molecule has 1 aromatic rings. The van der Waals surface area contributed by atoms with Crippen molar-refractivity contribution in [1.82, 2.24) is 14.1 Å². The number of aryl methyl sites for hydroxylation is 1. The third-order valence-electron chi connectivity index (χ3n) is 4.09. The van der Waals surface area contributed by atoms with Gasteiger partial charge in [0.25, 0.3) is 10.0 Å². The standard InChI is InChI=1S/C19H28ClF3N4O3S/c1-9-26-11-16(17(20)25-26)31(28,29)27(12(2)3)14(5)10-13(4)24-15(6)30-18(7,8)19(21,22)23/h10-12H,5,9H2,1-4,6-8H3/b13-10+,24-15?. The second kappa shape index (κ2) is 9.64. The normalized spacial score (nSPS) is 14.2. The Labute approximate surface area is 186 Å². The molecule has 0 bridgehead atoms. The van der Waals surface area contributed by atoms with Gasteiger partial charge < -0.3 is 4.74 Å². The molecule has 0 amide bonds. The van der Waals surface area contributed by atoms with Gasteiger partial charge in [-0.05, 0) is 47.6 Å². The number of hydrogen-bond acceptors (Lipinski definition) is 5. The molecule has 7 nitrogen and oxygen atoms in total. The summed E-state index contributed by atoms with van der Waals surface area (Å²) in [6.45, 7) is 13.8. The second-order valence-corrected chi connectivity index (χ2v) is 9.69. The number of aromatic nitrogens is 2. The van der Waals surface area contributed by atoms with Crippen molar-refractivity contribution in [1.29, 1.82) is 0 Å². The maximum Gasteiger partial charge on any atom is 0.427 e. The molecule has 0 unspecified atom stereocenters. The van der Waals surface area contributed by atoms with Crippen molar-refractivity contribution < 1.29 is 26.3 Å². The molecule has 0 aliphatic carbocycles. The lowest BCUT2D eigenvalue weighted by Crippen LogP contribution is -2.43. The van der Waals surface area contributed by atoms with Crippen molar-refractivity contribution in [2.75, 3.05) is 0 Å². The van der Waals surface area contributed by atoms with Crippen molar-refractivity contribution in [3.8, 4) is 0 Å². The summed E-state index contributed by atoms with van der Waals surface area (Å²) >= 11 is 6.02. The average molecular weight is 485 g/mol. The van der Waals surface area contributed by atoms with Crippen LogP contribution < -0.4 is 0 Å². The largest absolute Gasteiger partial charge is 0.466 e. The molecule has 0 spiro atoms. The van der Waals surface area contributed by atoms with Gasteiger partial charge in [-0.2, -0.15) is 18.3 Å². The number of allylic oxidation sites excluding steroid dienone is 2. The summed E-state index contributed by atoms with van der Waals surface area (Å²) in [5, 5.41) is 3.78. The van der Waals surface area contributed by atoms with E-state index < -0.39 is 27.8 Å². The Morgan fingerprint density at radius 1 is 1.39 bits per heavy atom. The van der Waals surface area contributed by atoms with Crippen LogP contribution >= 0.6 is 11.6 Å². The molecule has 0 aliphatic heterocycles. The zero-order valence-corrected chi connectivity index (χ0v) is 20.2. The minimum Gasteiger partial charge on any atom is -0.466 e. The van der Waals surface area contributed by atoms with Crippen molar-refractivity contribution in [2.45, 2.75) is 77.7 Å². The first kappa shape index (κ1) is 27.0. The number of alkyl halides is 3. The molecular weight excluding hydrogens is 457 g/mol. The number of sulfonamides is 1. The van der Waals surface area contributed by atoms with E-state index in [0.717, 1.165) is 18.2 Å². The highest BCUT2D eigenvalue weighted by molar-refractivity contribution is 7.89. The van der Waals surface area contributed by atoms with E-state index in [2.05, 4.69) is 16.7 Å². The molecule has 12 heteroatoms. The van der Waals surface area contributed by atoms with Crippen LogP contribution in [0.25, 0.3) is 0 Å². The Morgan fingerprint density at radius 2 is 1.94 bits per heavy atom. The third kappa shape index (κ3) is 6.49. The lowest BCUT2D eigenvalue weighted by atomic mass is 10.1. The van der Waals surface area contributed by atoms with Crippen LogP contribution in [-0.4, -0.2) is 46.2 Å². The van der Waals surface area contributed by atoms with Gasteiger partial charge in [-0.25, -0.2) is 13.4 Å². The maximum atomic E-state index is 13.2. The number of rotatable bonds is 8. The molecule has 31 heavy (non-hydrogen) atoms. The van der Waals surface area contributed by atoms with Crippen LogP contribution in [0.15, 0.2) is 40.1 Å². The lowest BCUT2D eigenvalue weighted by Gasteiger charge is -2.29. The van der Waals surface area contributed by atoms with E-state index >= 15 is 0 Å². The predicted octanol–water partition coefficient (Wildman–Crippen LogP) is 5.15. The topological polar surface area (TPSA) is 76.8 Å². The molecule has 0 radical (unpaired) electrons. The van der Waals surface area contributed by atoms with E-state index in [0.29, 0.717) is 6.54 Å². The van der Waals surface area contributed by atoms with Crippen LogP contribution in [0.2, 0.25) is 5.15 Å². The SMILES string of the molecule is C=C(/C=C(\C)N=C(C)OC(C)(C)C(F)(F)F)N(C(C)C)S(=O)(=O)c1cn(CC)nc1Cl. The van der Waals surface area contributed by atoms with Gasteiger partial charge in [-0.3, -0.25) is 8.99 Å². The van der Waals surface area contributed by atoms with Gasteiger partial charge in [0.1, 0.15) is 4.90 Å². The number of halogens is 4. The summed E-state index contributed by atoms with van der Waals surface area (Å²) in [6, 6.07) is -0.534. The fourth-order valence-electron chi connectivity index (χ4n) is 2.62. The van der Waals surface area contributed by atoms with Gasteiger partial charge in [0.05, 0.1) is 0 Å². The first-order valence-corrected chi connectivity index (χ1v) is 11.2. The van der Waals surface area contributed by atoms with E-state index in [9.17, 15) is 21.6 Å². The zero-order valence-electron chi connectivity index (χ0n) is 18.6. The van der Waals surface area contributed by atoms with Gasteiger partial charge >= 0.3 is 6.18 Å². The van der Waals surface area contributed by atoms with E-state index in [1.54, 1.807) is 20.8 Å². The molecule has 0 aromatic carbocycles. The molecule has 176 valence electrons. The highest BCUT2D eigenvalue weighted by Crippen LogP contribution is 2.33. The van der Waals surface area contributed by atoms with Crippen molar-refractivity contribution >= 4 is 27.5 Å². The van der Waals surface area contributed by atoms with Crippen molar-refractivity contribution in [3.05, 3.63) is 35.4 Å². The lowest BCUT2D eigenvalue weighted by molar-refractivity contribution is -0.239. The van der Waals surface area contributed by atoms with Gasteiger partial charge in [0.15, 0.2) is 16.7 Å². The number of nitrogens with zero attached hydrogens (tertiary/aromatic N) is 4. The molecule has 1 heterocycles. The highest BCUT2D eigenvalue weighted by Gasteiger charge is 2.50. The Kier molecular flexibility index (Phi) is 8.40. The van der Waals surface area contributed by atoms with Gasteiger partial charge in [-0.1, -0.05) is 18.2 Å². The molecule has 1 aromatic heterocycles. The smallest absolute Gasteiger partial charge is 0.427 e. The van der Waals surface area contributed by atoms with Crippen LogP contribution in [0, 0.1) is 0 Å². The third-order valence-corrected chi connectivity index (χ3v) is 6.51. The summed E-state index contributed by atoms with van der Waals surface area (Å²) in [4.78, 5) is 3.80. The van der Waals surface area contributed by atoms with Crippen LogP contribution in [0.1, 0.15) is 48.5 Å². The summed E-state index contributed by atoms with van der Waals surface area (Å²) < 4.78 is 72.7. The molecule has 0 aliphatic rings. The summed E-state index contributed by atoms with van der Waals surface area (Å²) in [5.41, 5.74) is -2.17. The van der Waals surface area contributed by atoms with E-state index in [-0.39, 0.29) is 27.3 Å². The predicted molar refractivity (Wildman–Crippen MR) is 114 cm³/mol. The molecule has 0 atom stereocenters. The van der Waals surface area contributed by atoms with Crippen LogP contribution in [0.4, 0.5) is 13.2 Å². The molecule has 0 N–H and O–H groups in total. The van der Waals surface area contributed by atoms with Crippen molar-refractivity contribution in [2.24, 2.45) is 4.99 Å². The van der Waals surface area contributed by atoms with Gasteiger partial charge in [0, 0.05) is 37.1 Å².